The predicted octanol–water partition coefficient (Wildman–Crippen LogP) is 1.03. The Morgan fingerprint density at radius 3 is 2.58 bits per heavy atom. The van der Waals surface area contributed by atoms with Crippen molar-refractivity contribution in [1.29, 1.82) is 0 Å². The summed E-state index contributed by atoms with van der Waals surface area (Å²) in [7, 11) is -3.33. The zero-order chi connectivity index (χ0) is 18.7. The fourth-order valence-electron chi connectivity index (χ4n) is 3.54. The number of likely N-dealkylation sites (tertiary alicyclic amines) is 1. The Morgan fingerprint density at radius 1 is 1.27 bits per heavy atom. The number of benzene rings is 1. The van der Waals surface area contributed by atoms with E-state index in [1.165, 1.54) is 6.26 Å². The summed E-state index contributed by atoms with van der Waals surface area (Å²) in [4.78, 5) is 13.9. The van der Waals surface area contributed by atoms with Crippen LogP contribution in [0.3, 0.4) is 0 Å². The first-order valence-corrected chi connectivity index (χ1v) is 10.7. The summed E-state index contributed by atoms with van der Waals surface area (Å²) >= 11 is 0. The molecule has 0 aromatic heterocycles. The van der Waals surface area contributed by atoms with Crippen LogP contribution in [0.2, 0.25) is 0 Å². The van der Waals surface area contributed by atoms with Gasteiger partial charge in [-0.05, 0) is 37.5 Å². The molecule has 0 saturated carbocycles. The number of rotatable bonds is 6. The van der Waals surface area contributed by atoms with E-state index < -0.39 is 10.0 Å². The number of amides is 1. The third-order valence-electron chi connectivity index (χ3n) is 4.86. The van der Waals surface area contributed by atoms with Crippen molar-refractivity contribution >= 4 is 15.9 Å². The molecule has 8 heteroatoms. The molecule has 3 rings (SSSR count). The van der Waals surface area contributed by atoms with Gasteiger partial charge in [0.25, 0.3) is 5.91 Å². The first-order valence-electron chi connectivity index (χ1n) is 8.88. The van der Waals surface area contributed by atoms with Gasteiger partial charge in [-0.1, -0.05) is 12.1 Å². The van der Waals surface area contributed by atoms with Crippen LogP contribution in [0, 0.1) is 6.92 Å². The summed E-state index contributed by atoms with van der Waals surface area (Å²) in [5, 5.41) is 0. The Kier molecular flexibility index (Phi) is 5.84. The van der Waals surface area contributed by atoms with Gasteiger partial charge in [-0.3, -0.25) is 4.79 Å². The van der Waals surface area contributed by atoms with E-state index >= 15 is 0 Å². The van der Waals surface area contributed by atoms with Crippen LogP contribution in [0.15, 0.2) is 24.3 Å². The molecule has 2 fully saturated rings. The third-order valence-corrected chi connectivity index (χ3v) is 6.22. The van der Waals surface area contributed by atoms with Gasteiger partial charge < -0.3 is 14.4 Å². The van der Waals surface area contributed by atoms with Crippen molar-refractivity contribution in [2.45, 2.75) is 31.8 Å². The molecular formula is C18H26N2O5S. The van der Waals surface area contributed by atoms with E-state index in [1.54, 1.807) is 9.21 Å². The maximum atomic E-state index is 12.3. The molecule has 2 saturated heterocycles. The maximum Gasteiger partial charge on any atom is 0.260 e. The topological polar surface area (TPSA) is 76.2 Å². The second-order valence-electron chi connectivity index (χ2n) is 6.99. The average molecular weight is 382 g/mol. The number of ether oxygens (including phenoxy) is 2. The van der Waals surface area contributed by atoms with Crippen molar-refractivity contribution in [3.63, 3.8) is 0 Å². The summed E-state index contributed by atoms with van der Waals surface area (Å²) in [6.45, 7) is 3.92. The number of hydrogen-bond donors (Lipinski definition) is 0. The lowest BCUT2D eigenvalue weighted by Crippen LogP contribution is -2.65. The molecule has 0 bridgehead atoms. The normalized spacial score (nSPS) is 19.4. The Balaban J connectivity index is 1.53. The van der Waals surface area contributed by atoms with E-state index in [0.29, 0.717) is 44.9 Å². The molecule has 0 unspecified atom stereocenters. The lowest BCUT2D eigenvalue weighted by molar-refractivity contribution is -0.140. The molecule has 2 aliphatic heterocycles. The summed E-state index contributed by atoms with van der Waals surface area (Å²) < 4.78 is 36.9. The van der Waals surface area contributed by atoms with Gasteiger partial charge in [0.1, 0.15) is 5.75 Å². The van der Waals surface area contributed by atoms with Gasteiger partial charge in [-0.15, -0.1) is 0 Å². The molecule has 0 atom stereocenters. The van der Waals surface area contributed by atoms with Crippen LogP contribution in [-0.4, -0.2) is 74.8 Å². The quantitative estimate of drug-likeness (QED) is 0.734. The minimum absolute atomic E-state index is 0.0354. The smallest absolute Gasteiger partial charge is 0.260 e. The van der Waals surface area contributed by atoms with Crippen molar-refractivity contribution in [2.75, 3.05) is 39.2 Å². The fourth-order valence-corrected chi connectivity index (χ4v) is 4.97. The molecule has 26 heavy (non-hydrogen) atoms. The highest BCUT2D eigenvalue weighted by atomic mass is 32.2. The second-order valence-corrected chi connectivity index (χ2v) is 8.88. The SMILES string of the molecule is Cc1cccc(OCC(=O)N2CC(N(C3CCOCC3)S(C)(=O)=O)C2)c1. The molecule has 0 radical (unpaired) electrons. The van der Waals surface area contributed by atoms with E-state index in [4.69, 9.17) is 9.47 Å². The lowest BCUT2D eigenvalue weighted by Gasteiger charge is -2.47. The van der Waals surface area contributed by atoms with Crippen molar-refractivity contribution in [2.24, 2.45) is 0 Å². The summed E-state index contributed by atoms with van der Waals surface area (Å²) in [5.74, 6) is 0.540. The molecule has 0 N–H and O–H groups in total. The van der Waals surface area contributed by atoms with Gasteiger partial charge in [0.15, 0.2) is 6.61 Å². The minimum atomic E-state index is -3.33. The molecule has 0 spiro atoms. The van der Waals surface area contributed by atoms with Crippen LogP contribution in [0.4, 0.5) is 0 Å². The molecule has 2 heterocycles. The zero-order valence-corrected chi connectivity index (χ0v) is 16.1. The predicted molar refractivity (Wildman–Crippen MR) is 97.6 cm³/mol. The molecule has 2 aliphatic rings. The van der Waals surface area contributed by atoms with Crippen LogP contribution in [-0.2, 0) is 19.6 Å². The summed E-state index contributed by atoms with van der Waals surface area (Å²) in [6.07, 6.45) is 2.65. The van der Waals surface area contributed by atoms with E-state index in [2.05, 4.69) is 0 Å². The van der Waals surface area contributed by atoms with E-state index in [0.717, 1.165) is 5.56 Å². The number of hydrogen-bond acceptors (Lipinski definition) is 5. The summed E-state index contributed by atoms with van der Waals surface area (Å²) in [5.41, 5.74) is 1.07. The number of nitrogens with zero attached hydrogens (tertiary/aromatic N) is 2. The molecular weight excluding hydrogens is 356 g/mol. The van der Waals surface area contributed by atoms with Crippen molar-refractivity contribution in [3.8, 4) is 5.75 Å². The Bertz CT molecular complexity index is 740. The minimum Gasteiger partial charge on any atom is -0.484 e. The first-order chi connectivity index (χ1) is 12.3. The highest BCUT2D eigenvalue weighted by molar-refractivity contribution is 7.88. The molecule has 1 amide bonds. The molecule has 1 aromatic rings. The standard InChI is InChI=1S/C18H26N2O5S/c1-14-4-3-5-17(10-14)25-13-18(21)19-11-16(12-19)20(26(2,22)23)15-6-8-24-9-7-15/h3-5,10,15-16H,6-9,11-13H2,1-2H3. The molecule has 1 aromatic carbocycles. The first kappa shape index (κ1) is 19.1. The molecule has 144 valence electrons. The van der Waals surface area contributed by atoms with Crippen LogP contribution >= 0.6 is 0 Å². The Labute approximate surface area is 154 Å². The number of sulfonamides is 1. The van der Waals surface area contributed by atoms with Crippen molar-refractivity contribution < 1.29 is 22.7 Å². The highest BCUT2D eigenvalue weighted by Gasteiger charge is 2.42. The largest absolute Gasteiger partial charge is 0.484 e. The number of carbonyl (C=O) groups excluding carboxylic acids is 1. The average Bonchev–Trinajstić information content (AvgIpc) is 2.55. The number of aryl methyl sites for hydroxylation is 1. The second kappa shape index (κ2) is 7.94. The van der Waals surface area contributed by atoms with E-state index in [-0.39, 0.29) is 24.6 Å². The van der Waals surface area contributed by atoms with Crippen LogP contribution < -0.4 is 4.74 Å². The monoisotopic (exact) mass is 382 g/mol. The summed E-state index contributed by atoms with van der Waals surface area (Å²) in [6, 6.07) is 7.34. The zero-order valence-electron chi connectivity index (χ0n) is 15.3. The van der Waals surface area contributed by atoms with Gasteiger partial charge >= 0.3 is 0 Å². The van der Waals surface area contributed by atoms with Gasteiger partial charge in [0, 0.05) is 32.3 Å². The van der Waals surface area contributed by atoms with Crippen LogP contribution in [0.25, 0.3) is 0 Å². The van der Waals surface area contributed by atoms with Crippen LogP contribution in [0.1, 0.15) is 18.4 Å². The van der Waals surface area contributed by atoms with Crippen molar-refractivity contribution in [3.05, 3.63) is 29.8 Å². The van der Waals surface area contributed by atoms with Gasteiger partial charge in [0.2, 0.25) is 10.0 Å². The number of carbonyl (C=O) groups is 1. The van der Waals surface area contributed by atoms with E-state index in [9.17, 15) is 13.2 Å². The maximum absolute atomic E-state index is 12.3. The van der Waals surface area contributed by atoms with Crippen molar-refractivity contribution in [1.82, 2.24) is 9.21 Å². The lowest BCUT2D eigenvalue weighted by atomic mass is 10.0. The Morgan fingerprint density at radius 2 is 1.96 bits per heavy atom. The third kappa shape index (κ3) is 4.55. The van der Waals surface area contributed by atoms with Gasteiger partial charge in [0.05, 0.1) is 12.3 Å². The van der Waals surface area contributed by atoms with Crippen LogP contribution in [0.5, 0.6) is 5.75 Å². The molecule has 0 aliphatic carbocycles. The van der Waals surface area contributed by atoms with Gasteiger partial charge in [-0.2, -0.15) is 4.31 Å². The molecule has 7 nitrogen and oxygen atoms in total. The Hall–Kier alpha value is -1.64. The fraction of sp³-hybridized carbons (Fsp3) is 0.611. The highest BCUT2D eigenvalue weighted by Crippen LogP contribution is 2.26. The van der Waals surface area contributed by atoms with Gasteiger partial charge in [-0.25, -0.2) is 8.42 Å². The van der Waals surface area contributed by atoms with E-state index in [1.807, 2.05) is 31.2 Å².